The Hall–Kier alpha value is -2.66. The minimum absolute atomic E-state index is 0.808. The van der Waals surface area contributed by atoms with Crippen LogP contribution in [-0.2, 0) is 28.2 Å². The normalized spacial score (nSPS) is 11.3. The predicted octanol–water partition coefficient (Wildman–Crippen LogP) is 4.72. The zero-order valence-electron chi connectivity index (χ0n) is 18.8. The molecule has 1 heterocycles. The quantitative estimate of drug-likeness (QED) is 0.213. The second-order valence-corrected chi connectivity index (χ2v) is 8.95. The van der Waals surface area contributed by atoms with Gasteiger partial charge in [0.25, 0.3) is 0 Å². The topological polar surface area (TPSA) is 98.3 Å². The average molecular weight is 477 g/mol. The fourth-order valence-electron chi connectivity index (χ4n) is 2.77. The summed E-state index contributed by atoms with van der Waals surface area (Å²) in [5, 5.41) is 11.9. The Bertz CT molecular complexity index is 1150. The molecule has 0 saturated heterocycles. The molecule has 0 aliphatic carbocycles. The van der Waals surface area contributed by atoms with E-state index in [-0.39, 0.29) is 0 Å². The Morgan fingerprint density at radius 3 is 2.28 bits per heavy atom. The molecular formula is C22H28N4O4S2. The minimum Gasteiger partial charge on any atom is -0.726 e. The molecule has 172 valence electrons. The molecule has 1 aromatic heterocycles. The molecule has 0 aliphatic rings. The smallest absolute Gasteiger partial charge is 0.408 e. The van der Waals surface area contributed by atoms with Crippen LogP contribution in [0.3, 0.4) is 0 Å². The zero-order chi connectivity index (χ0) is 23.7. The molecule has 0 amide bonds. The highest BCUT2D eigenvalue weighted by molar-refractivity contribution is 7.80. The second kappa shape index (κ2) is 11.8. The van der Waals surface area contributed by atoms with Crippen molar-refractivity contribution in [2.24, 2.45) is 17.3 Å². The molecule has 0 radical (unpaired) electrons. The first kappa shape index (κ1) is 25.6. The van der Waals surface area contributed by atoms with Crippen LogP contribution in [0.15, 0.2) is 64.1 Å². The van der Waals surface area contributed by atoms with E-state index in [1.807, 2.05) is 7.05 Å². The van der Waals surface area contributed by atoms with Crippen molar-refractivity contribution < 1.29 is 21.7 Å². The van der Waals surface area contributed by atoms with Crippen LogP contribution in [0.2, 0.25) is 0 Å². The van der Waals surface area contributed by atoms with Gasteiger partial charge in [0.2, 0.25) is 10.4 Å². The third-order valence-corrected chi connectivity index (χ3v) is 6.18. The van der Waals surface area contributed by atoms with Gasteiger partial charge in [-0.1, -0.05) is 30.3 Å². The zero-order valence-corrected chi connectivity index (χ0v) is 20.5. The Balaban J connectivity index is 0.000000534. The fourth-order valence-corrected chi connectivity index (χ4v) is 3.60. The lowest BCUT2D eigenvalue weighted by atomic mass is 10.1. The van der Waals surface area contributed by atoms with Gasteiger partial charge in [0.05, 0.1) is 19.3 Å². The number of rotatable bonds is 7. The molecule has 2 aromatic carbocycles. The van der Waals surface area contributed by atoms with Crippen LogP contribution >= 0.6 is 11.3 Å². The summed E-state index contributed by atoms with van der Waals surface area (Å²) < 4.78 is 33.1. The van der Waals surface area contributed by atoms with Crippen LogP contribution in [0, 0.1) is 13.8 Å². The monoisotopic (exact) mass is 476 g/mol. The number of benzene rings is 2. The number of thiazole rings is 1. The van der Waals surface area contributed by atoms with Crippen molar-refractivity contribution in [1.29, 1.82) is 0 Å². The van der Waals surface area contributed by atoms with Crippen molar-refractivity contribution in [3.8, 4) is 0 Å². The predicted molar refractivity (Wildman–Crippen MR) is 125 cm³/mol. The van der Waals surface area contributed by atoms with E-state index in [9.17, 15) is 13.0 Å². The summed E-state index contributed by atoms with van der Waals surface area (Å²) >= 11 is 1.61. The molecule has 0 aliphatic heterocycles. The van der Waals surface area contributed by atoms with Gasteiger partial charge in [0.1, 0.15) is 11.4 Å². The summed E-state index contributed by atoms with van der Waals surface area (Å²) in [6.45, 7) is 8.21. The lowest BCUT2D eigenvalue weighted by Crippen LogP contribution is -2.28. The number of anilines is 1. The van der Waals surface area contributed by atoms with Crippen molar-refractivity contribution in [2.45, 2.75) is 27.3 Å². The van der Waals surface area contributed by atoms with Gasteiger partial charge in [0, 0.05) is 24.2 Å². The van der Waals surface area contributed by atoms with Crippen LogP contribution in [0.25, 0.3) is 0 Å². The molecule has 10 heteroatoms. The van der Waals surface area contributed by atoms with E-state index in [2.05, 4.69) is 98.6 Å². The molecule has 0 N–H and O–H groups in total. The Labute approximate surface area is 193 Å². The Morgan fingerprint density at radius 2 is 1.78 bits per heavy atom. The van der Waals surface area contributed by atoms with E-state index in [0.29, 0.717) is 0 Å². The van der Waals surface area contributed by atoms with Gasteiger partial charge in [-0.15, -0.1) is 0 Å². The molecule has 8 nitrogen and oxygen atoms in total. The average Bonchev–Trinajstić information content (AvgIpc) is 3.09. The molecule has 3 rings (SSSR count). The van der Waals surface area contributed by atoms with E-state index in [1.165, 1.54) is 16.9 Å². The van der Waals surface area contributed by atoms with E-state index < -0.39 is 10.4 Å². The number of aryl methyl sites for hydroxylation is 2. The van der Waals surface area contributed by atoms with Gasteiger partial charge in [-0.25, -0.2) is 13.0 Å². The minimum atomic E-state index is -4.41. The third kappa shape index (κ3) is 7.79. The van der Waals surface area contributed by atoms with Crippen LogP contribution in [0.5, 0.6) is 0 Å². The van der Waals surface area contributed by atoms with Gasteiger partial charge < -0.3 is 9.45 Å². The molecule has 0 bridgehead atoms. The van der Waals surface area contributed by atoms with E-state index in [4.69, 9.17) is 0 Å². The van der Waals surface area contributed by atoms with Gasteiger partial charge in [-0.05, 0) is 66.5 Å². The van der Waals surface area contributed by atoms with E-state index in [0.717, 1.165) is 36.6 Å². The second-order valence-electron chi connectivity index (χ2n) is 6.96. The van der Waals surface area contributed by atoms with Crippen molar-refractivity contribution >= 4 is 38.2 Å². The Morgan fingerprint density at radius 1 is 1.12 bits per heavy atom. The highest BCUT2D eigenvalue weighted by Gasteiger charge is 2.13. The molecule has 3 aromatic rings. The first-order valence-corrected chi connectivity index (χ1v) is 12.1. The molecule has 0 saturated carbocycles. The first-order chi connectivity index (χ1) is 15.1. The van der Waals surface area contributed by atoms with Crippen LogP contribution in [0.1, 0.15) is 23.7 Å². The molecule has 0 fully saturated rings. The number of nitrogens with zero attached hydrogens (tertiary/aromatic N) is 4. The number of hydrogen-bond donors (Lipinski definition) is 0. The number of azo groups is 1. The molecule has 0 spiro atoms. The highest BCUT2D eigenvalue weighted by atomic mass is 32.3. The summed E-state index contributed by atoms with van der Waals surface area (Å²) in [5.41, 5.74) is 5.77. The number of hydrogen-bond acceptors (Lipinski definition) is 8. The van der Waals surface area contributed by atoms with E-state index in [1.54, 1.807) is 11.3 Å². The summed E-state index contributed by atoms with van der Waals surface area (Å²) in [5.74, 6) is 0. The molecule has 0 unspecified atom stereocenters. The van der Waals surface area contributed by atoms with Gasteiger partial charge in [-0.2, -0.15) is 0 Å². The SMILES string of the molecule is CCN(Cc1ccccc1)c1ccc(N=Nc2scc(C)[n+]2C)c(C)c1.COS(=O)(=O)[O-]. The summed E-state index contributed by atoms with van der Waals surface area (Å²) in [4.78, 5) is 2.37. The third-order valence-electron chi connectivity index (χ3n) is 4.74. The summed E-state index contributed by atoms with van der Waals surface area (Å²) in [6.07, 6.45) is 0. The standard InChI is InChI=1S/C21H25N4S.CH4O4S/c1-5-25(14-18-9-7-6-8-10-18)19-11-12-20(16(2)13-19)22-23-21-24(4)17(3)15-26-21;1-5-6(2,3)4/h6-13,15H,5,14H2,1-4H3;1H3,(H,2,3,4)/q+1;/p-1. The van der Waals surface area contributed by atoms with Crippen molar-refractivity contribution in [2.75, 3.05) is 18.6 Å². The number of aromatic nitrogens is 1. The van der Waals surface area contributed by atoms with Crippen molar-refractivity contribution in [3.05, 3.63) is 70.7 Å². The lowest BCUT2D eigenvalue weighted by molar-refractivity contribution is -0.660. The maximum Gasteiger partial charge on any atom is 0.408 e. The van der Waals surface area contributed by atoms with Crippen LogP contribution in [0.4, 0.5) is 16.5 Å². The first-order valence-electron chi connectivity index (χ1n) is 9.91. The van der Waals surface area contributed by atoms with Gasteiger partial charge >= 0.3 is 5.13 Å². The molecule has 32 heavy (non-hydrogen) atoms. The van der Waals surface area contributed by atoms with E-state index >= 15 is 0 Å². The van der Waals surface area contributed by atoms with Crippen LogP contribution < -0.4 is 9.47 Å². The molecule has 0 atom stereocenters. The van der Waals surface area contributed by atoms with Gasteiger partial charge in [0.15, 0.2) is 0 Å². The maximum atomic E-state index is 9.22. The summed E-state index contributed by atoms with van der Waals surface area (Å²) in [7, 11) is -1.59. The van der Waals surface area contributed by atoms with Crippen LogP contribution in [-0.4, -0.2) is 26.6 Å². The van der Waals surface area contributed by atoms with Crippen molar-refractivity contribution in [3.63, 3.8) is 0 Å². The largest absolute Gasteiger partial charge is 0.726 e. The highest BCUT2D eigenvalue weighted by Crippen LogP contribution is 2.28. The fraction of sp³-hybridized carbons (Fsp3) is 0.318. The Kier molecular flexibility index (Phi) is 9.45. The van der Waals surface area contributed by atoms with Gasteiger partial charge in [-0.3, -0.25) is 4.18 Å². The maximum absolute atomic E-state index is 9.22. The molecular weight excluding hydrogens is 448 g/mol. The lowest BCUT2D eigenvalue weighted by Gasteiger charge is -2.23. The van der Waals surface area contributed by atoms with Crippen molar-refractivity contribution in [1.82, 2.24) is 0 Å². The summed E-state index contributed by atoms with van der Waals surface area (Å²) in [6, 6.07) is 17.0.